The molecule has 4 heteroatoms. The maximum Gasteiger partial charge on any atom is 0.0568 e. The molecule has 4 nitrogen and oxygen atoms in total. The van der Waals surface area contributed by atoms with Gasteiger partial charge in [0.1, 0.15) is 0 Å². The molecular weight excluding hydrogens is 200 g/mol. The van der Waals surface area contributed by atoms with E-state index in [4.69, 9.17) is 11.5 Å². The third kappa shape index (κ3) is 2.06. The highest BCUT2D eigenvalue weighted by Gasteiger charge is 2.06. The van der Waals surface area contributed by atoms with Gasteiger partial charge in [-0.05, 0) is 36.2 Å². The Hall–Kier alpha value is -1.81. The number of aromatic nitrogens is 2. The molecule has 0 aliphatic heterocycles. The van der Waals surface area contributed by atoms with Crippen LogP contribution < -0.4 is 11.5 Å². The van der Waals surface area contributed by atoms with Crippen molar-refractivity contribution in [2.45, 2.75) is 13.0 Å². The number of rotatable bonds is 2. The molecule has 1 aromatic heterocycles. The van der Waals surface area contributed by atoms with Crippen molar-refractivity contribution in [3.8, 4) is 11.1 Å². The first-order chi connectivity index (χ1) is 7.56. The van der Waals surface area contributed by atoms with Crippen LogP contribution in [0.4, 0.5) is 5.69 Å². The molecule has 1 heterocycles. The van der Waals surface area contributed by atoms with Crippen LogP contribution in [-0.2, 0) is 7.05 Å². The maximum absolute atomic E-state index is 5.86. The lowest BCUT2D eigenvalue weighted by Gasteiger charge is -2.09. The van der Waals surface area contributed by atoms with Crippen LogP contribution in [-0.4, -0.2) is 9.78 Å². The van der Waals surface area contributed by atoms with Gasteiger partial charge in [-0.1, -0.05) is 0 Å². The minimum atomic E-state index is -0.0149. The van der Waals surface area contributed by atoms with Gasteiger partial charge in [0.15, 0.2) is 0 Å². The van der Waals surface area contributed by atoms with Gasteiger partial charge in [0.25, 0.3) is 0 Å². The first kappa shape index (κ1) is 10.7. The summed E-state index contributed by atoms with van der Waals surface area (Å²) in [6, 6.07) is 5.88. The molecule has 0 amide bonds. The highest BCUT2D eigenvalue weighted by atomic mass is 15.2. The zero-order valence-electron chi connectivity index (χ0n) is 9.51. The zero-order chi connectivity index (χ0) is 11.7. The molecule has 0 bridgehead atoms. The van der Waals surface area contributed by atoms with Crippen LogP contribution in [0.3, 0.4) is 0 Å². The first-order valence-electron chi connectivity index (χ1n) is 5.21. The molecule has 0 radical (unpaired) electrons. The van der Waals surface area contributed by atoms with Gasteiger partial charge in [-0.15, -0.1) is 0 Å². The fourth-order valence-electron chi connectivity index (χ4n) is 1.68. The number of benzene rings is 1. The summed E-state index contributed by atoms with van der Waals surface area (Å²) >= 11 is 0. The molecule has 0 aliphatic carbocycles. The predicted molar refractivity (Wildman–Crippen MR) is 65.7 cm³/mol. The van der Waals surface area contributed by atoms with Crippen molar-refractivity contribution in [3.63, 3.8) is 0 Å². The van der Waals surface area contributed by atoms with Crippen molar-refractivity contribution in [3.05, 3.63) is 36.2 Å². The molecule has 2 aromatic rings. The largest absolute Gasteiger partial charge is 0.399 e. The van der Waals surface area contributed by atoms with Crippen LogP contribution in [0, 0.1) is 0 Å². The summed E-state index contributed by atoms with van der Waals surface area (Å²) in [5, 5.41) is 4.14. The van der Waals surface area contributed by atoms with Gasteiger partial charge >= 0.3 is 0 Å². The molecule has 0 saturated carbocycles. The van der Waals surface area contributed by atoms with Crippen LogP contribution in [0.1, 0.15) is 18.5 Å². The second kappa shape index (κ2) is 3.98. The average molecular weight is 216 g/mol. The van der Waals surface area contributed by atoms with Gasteiger partial charge in [0, 0.05) is 30.5 Å². The van der Waals surface area contributed by atoms with E-state index in [-0.39, 0.29) is 6.04 Å². The summed E-state index contributed by atoms with van der Waals surface area (Å²) in [7, 11) is 1.89. The quantitative estimate of drug-likeness (QED) is 0.750. The zero-order valence-corrected chi connectivity index (χ0v) is 9.51. The first-order valence-corrected chi connectivity index (χ1v) is 5.21. The highest BCUT2D eigenvalue weighted by Crippen LogP contribution is 2.25. The number of nitrogen functional groups attached to an aromatic ring is 1. The smallest absolute Gasteiger partial charge is 0.0568 e. The molecule has 1 aromatic carbocycles. The van der Waals surface area contributed by atoms with Gasteiger partial charge in [-0.25, -0.2) is 0 Å². The van der Waals surface area contributed by atoms with E-state index >= 15 is 0 Å². The highest BCUT2D eigenvalue weighted by molar-refractivity contribution is 5.67. The lowest BCUT2D eigenvalue weighted by atomic mass is 10.0. The molecule has 0 aliphatic rings. The van der Waals surface area contributed by atoms with Gasteiger partial charge in [0.05, 0.1) is 6.20 Å². The van der Waals surface area contributed by atoms with Crippen molar-refractivity contribution in [1.82, 2.24) is 9.78 Å². The van der Waals surface area contributed by atoms with Gasteiger partial charge in [0.2, 0.25) is 0 Å². The fraction of sp³-hybridized carbons (Fsp3) is 0.250. The Bertz CT molecular complexity index is 499. The van der Waals surface area contributed by atoms with Crippen LogP contribution in [0.2, 0.25) is 0 Å². The van der Waals surface area contributed by atoms with Gasteiger partial charge < -0.3 is 11.5 Å². The third-order valence-corrected chi connectivity index (χ3v) is 2.54. The number of nitrogens with two attached hydrogens (primary N) is 2. The van der Waals surface area contributed by atoms with E-state index in [9.17, 15) is 0 Å². The van der Waals surface area contributed by atoms with Crippen molar-refractivity contribution in [1.29, 1.82) is 0 Å². The summed E-state index contributed by atoms with van der Waals surface area (Å²) in [6.45, 7) is 1.95. The Morgan fingerprint density at radius 3 is 2.56 bits per heavy atom. The van der Waals surface area contributed by atoms with E-state index in [2.05, 4.69) is 11.2 Å². The van der Waals surface area contributed by atoms with Crippen LogP contribution in [0.15, 0.2) is 30.6 Å². The molecule has 16 heavy (non-hydrogen) atoms. The maximum atomic E-state index is 5.86. The molecule has 1 atom stereocenters. The SMILES string of the molecule is C[C@@H](N)c1cc(N)cc(-c2cnn(C)c2)c1. The molecule has 2 rings (SSSR count). The number of nitrogens with zero attached hydrogens (tertiary/aromatic N) is 2. The number of hydrogen-bond acceptors (Lipinski definition) is 3. The normalized spacial score (nSPS) is 12.7. The standard InChI is InChI=1S/C12H16N4/c1-8(13)9-3-10(5-12(14)4-9)11-6-15-16(2)7-11/h3-8H,13-14H2,1-2H3/t8-/m1/s1. The second-order valence-electron chi connectivity index (χ2n) is 4.08. The van der Waals surface area contributed by atoms with E-state index in [1.165, 1.54) is 0 Å². The lowest BCUT2D eigenvalue weighted by Crippen LogP contribution is -2.05. The molecule has 84 valence electrons. The molecule has 0 saturated heterocycles. The minimum absolute atomic E-state index is 0.0149. The van der Waals surface area contributed by atoms with E-state index in [0.29, 0.717) is 0 Å². The van der Waals surface area contributed by atoms with Crippen LogP contribution >= 0.6 is 0 Å². The van der Waals surface area contributed by atoms with Crippen molar-refractivity contribution in [2.24, 2.45) is 12.8 Å². The molecule has 0 unspecified atom stereocenters. The summed E-state index contributed by atoms with van der Waals surface area (Å²) in [6.07, 6.45) is 3.78. The van der Waals surface area contributed by atoms with Crippen LogP contribution in [0.5, 0.6) is 0 Å². The summed E-state index contributed by atoms with van der Waals surface area (Å²) in [5.74, 6) is 0. The number of hydrogen-bond donors (Lipinski definition) is 2. The Morgan fingerprint density at radius 1 is 1.25 bits per heavy atom. The van der Waals surface area contributed by atoms with Crippen molar-refractivity contribution < 1.29 is 0 Å². The Balaban J connectivity index is 2.49. The topological polar surface area (TPSA) is 69.9 Å². The van der Waals surface area contributed by atoms with E-state index in [1.54, 1.807) is 4.68 Å². The fourth-order valence-corrected chi connectivity index (χ4v) is 1.68. The molecular formula is C12H16N4. The predicted octanol–water partition coefficient (Wildman–Crippen LogP) is 1.69. The van der Waals surface area contributed by atoms with E-state index < -0.39 is 0 Å². The van der Waals surface area contributed by atoms with Gasteiger partial charge in [-0.3, -0.25) is 4.68 Å². The Kier molecular flexibility index (Phi) is 2.66. The Labute approximate surface area is 94.9 Å². The second-order valence-corrected chi connectivity index (χ2v) is 4.08. The average Bonchev–Trinajstić information content (AvgIpc) is 2.64. The lowest BCUT2D eigenvalue weighted by molar-refractivity contribution is 0.768. The van der Waals surface area contributed by atoms with Crippen molar-refractivity contribution in [2.75, 3.05) is 5.73 Å². The minimum Gasteiger partial charge on any atom is -0.399 e. The molecule has 0 fully saturated rings. The number of aryl methyl sites for hydroxylation is 1. The van der Waals surface area contributed by atoms with Crippen LogP contribution in [0.25, 0.3) is 11.1 Å². The van der Waals surface area contributed by atoms with Crippen molar-refractivity contribution >= 4 is 5.69 Å². The third-order valence-electron chi connectivity index (χ3n) is 2.54. The van der Waals surface area contributed by atoms with E-state index in [0.717, 1.165) is 22.4 Å². The monoisotopic (exact) mass is 216 g/mol. The Morgan fingerprint density at radius 2 is 2.00 bits per heavy atom. The summed E-state index contributed by atoms with van der Waals surface area (Å²) < 4.78 is 1.77. The molecule has 4 N–H and O–H groups in total. The van der Waals surface area contributed by atoms with E-state index in [1.807, 2.05) is 38.5 Å². The summed E-state index contributed by atoms with van der Waals surface area (Å²) in [5.41, 5.74) is 15.6. The van der Waals surface area contributed by atoms with Gasteiger partial charge in [-0.2, -0.15) is 5.10 Å². The summed E-state index contributed by atoms with van der Waals surface area (Å²) in [4.78, 5) is 0. The number of anilines is 1. The molecule has 0 spiro atoms.